The van der Waals surface area contributed by atoms with Gasteiger partial charge in [0.15, 0.2) is 0 Å². The minimum Gasteiger partial charge on any atom is -0.495 e. The molecule has 0 aromatic carbocycles. The molecule has 0 saturated carbocycles. The van der Waals surface area contributed by atoms with E-state index in [1.807, 2.05) is 0 Å². The lowest BCUT2D eigenvalue weighted by molar-refractivity contribution is -0.138. The highest BCUT2D eigenvalue weighted by Crippen LogP contribution is 2.35. The minimum atomic E-state index is -4.52. The van der Waals surface area contributed by atoms with Crippen molar-refractivity contribution in [2.24, 2.45) is 0 Å². The van der Waals surface area contributed by atoms with Crippen LogP contribution in [0.4, 0.5) is 13.2 Å². The van der Waals surface area contributed by atoms with Crippen molar-refractivity contribution in [3.63, 3.8) is 0 Å². The summed E-state index contributed by atoms with van der Waals surface area (Å²) in [6.07, 6.45) is -3.04. The molecule has 1 rings (SSSR count). The second-order valence-corrected chi connectivity index (χ2v) is 2.70. The van der Waals surface area contributed by atoms with Crippen LogP contribution in [0.3, 0.4) is 0 Å². The molecule has 0 unspecified atom stereocenters. The molecular weight excluding hydrogens is 209 g/mol. The Hall–Kier alpha value is -1.77. The monoisotopic (exact) mass is 216 g/mol. The average Bonchev–Trinajstić information content (AvgIpc) is 2.17. The molecule has 0 amide bonds. The quantitative estimate of drug-likeness (QED) is 0.761. The normalized spacial score (nSPS) is 10.9. The number of halogens is 3. The maximum absolute atomic E-state index is 12.5. The predicted molar refractivity (Wildman–Crippen MR) is 45.1 cm³/mol. The van der Waals surface area contributed by atoms with Crippen molar-refractivity contribution in [1.82, 2.24) is 4.98 Å². The maximum atomic E-state index is 12.5. The Kier molecular flexibility index (Phi) is 3.14. The summed E-state index contributed by atoms with van der Waals surface area (Å²) in [5.41, 5.74) is -1.11. The number of rotatable bonds is 2. The van der Waals surface area contributed by atoms with Crippen molar-refractivity contribution >= 4 is 0 Å². The molecular formula is C9H7F3N2O. The number of methoxy groups -OCH3 is 1. The van der Waals surface area contributed by atoms with E-state index in [9.17, 15) is 13.2 Å². The first kappa shape index (κ1) is 11.3. The van der Waals surface area contributed by atoms with Crippen molar-refractivity contribution in [3.8, 4) is 11.8 Å². The predicted octanol–water partition coefficient (Wildman–Crippen LogP) is 2.18. The van der Waals surface area contributed by atoms with Crippen LogP contribution in [0.25, 0.3) is 0 Å². The van der Waals surface area contributed by atoms with Gasteiger partial charge in [0.1, 0.15) is 5.75 Å². The highest BCUT2D eigenvalue weighted by molar-refractivity contribution is 5.40. The molecule has 80 valence electrons. The van der Waals surface area contributed by atoms with Crippen LogP contribution < -0.4 is 4.74 Å². The van der Waals surface area contributed by atoms with E-state index in [1.165, 1.54) is 7.11 Å². The molecule has 0 bridgehead atoms. The van der Waals surface area contributed by atoms with E-state index in [1.54, 1.807) is 6.07 Å². The van der Waals surface area contributed by atoms with Crippen LogP contribution in [-0.4, -0.2) is 12.1 Å². The highest BCUT2D eigenvalue weighted by Gasteiger charge is 2.35. The molecule has 0 spiro atoms. The molecule has 0 radical (unpaired) electrons. The number of nitriles is 1. The second-order valence-electron chi connectivity index (χ2n) is 2.70. The van der Waals surface area contributed by atoms with Crippen molar-refractivity contribution in [2.45, 2.75) is 12.6 Å². The van der Waals surface area contributed by atoms with Crippen LogP contribution in [0, 0.1) is 11.3 Å². The van der Waals surface area contributed by atoms with Crippen LogP contribution in [0.1, 0.15) is 11.1 Å². The number of pyridine rings is 1. The number of hydrogen-bond donors (Lipinski definition) is 0. The summed E-state index contributed by atoms with van der Waals surface area (Å²) in [4.78, 5) is 3.41. The standard InChI is InChI=1S/C9H7F3N2O/c1-15-8-5-14-4-7(9(10,11)12)6(8)2-3-13/h4-5H,2H2,1H3. The fraction of sp³-hybridized carbons (Fsp3) is 0.333. The highest BCUT2D eigenvalue weighted by atomic mass is 19.4. The molecule has 0 atom stereocenters. The minimum absolute atomic E-state index is 0.0219. The molecule has 0 fully saturated rings. The first-order valence-electron chi connectivity index (χ1n) is 3.95. The van der Waals surface area contributed by atoms with Gasteiger partial charge in [-0.3, -0.25) is 4.98 Å². The fourth-order valence-corrected chi connectivity index (χ4v) is 1.15. The molecule has 0 N–H and O–H groups in total. The van der Waals surface area contributed by atoms with Gasteiger partial charge >= 0.3 is 6.18 Å². The van der Waals surface area contributed by atoms with Crippen LogP contribution >= 0.6 is 0 Å². The van der Waals surface area contributed by atoms with Gasteiger partial charge in [0.2, 0.25) is 0 Å². The van der Waals surface area contributed by atoms with Gasteiger partial charge in [0, 0.05) is 11.8 Å². The van der Waals surface area contributed by atoms with Crippen molar-refractivity contribution in [1.29, 1.82) is 5.26 Å². The lowest BCUT2D eigenvalue weighted by atomic mass is 10.1. The molecule has 15 heavy (non-hydrogen) atoms. The number of aromatic nitrogens is 1. The Morgan fingerprint density at radius 2 is 2.13 bits per heavy atom. The Morgan fingerprint density at radius 1 is 1.47 bits per heavy atom. The number of ether oxygens (including phenoxy) is 1. The number of alkyl halides is 3. The number of nitrogens with zero attached hydrogens (tertiary/aromatic N) is 2. The first-order valence-corrected chi connectivity index (χ1v) is 3.95. The van der Waals surface area contributed by atoms with E-state index >= 15 is 0 Å². The molecule has 0 saturated heterocycles. The maximum Gasteiger partial charge on any atom is 0.418 e. The fourth-order valence-electron chi connectivity index (χ4n) is 1.15. The number of hydrogen-bond acceptors (Lipinski definition) is 3. The molecule has 0 aliphatic heterocycles. The third kappa shape index (κ3) is 2.37. The lowest BCUT2D eigenvalue weighted by Gasteiger charge is -2.12. The van der Waals surface area contributed by atoms with E-state index in [4.69, 9.17) is 10.00 Å². The SMILES string of the molecule is COc1cncc(C(F)(F)F)c1CC#N. The zero-order valence-electron chi connectivity index (χ0n) is 7.80. The molecule has 0 aliphatic rings. The molecule has 3 nitrogen and oxygen atoms in total. The van der Waals surface area contributed by atoms with Crippen molar-refractivity contribution < 1.29 is 17.9 Å². The van der Waals surface area contributed by atoms with Crippen molar-refractivity contribution in [3.05, 3.63) is 23.5 Å². The molecule has 1 aromatic rings. The third-order valence-corrected chi connectivity index (χ3v) is 1.80. The van der Waals surface area contributed by atoms with Gasteiger partial charge in [-0.15, -0.1) is 0 Å². The van der Waals surface area contributed by atoms with Gasteiger partial charge in [0.05, 0.1) is 31.4 Å². The smallest absolute Gasteiger partial charge is 0.418 e. The van der Waals surface area contributed by atoms with Crippen LogP contribution in [0.5, 0.6) is 5.75 Å². The van der Waals surface area contributed by atoms with Crippen LogP contribution in [0.2, 0.25) is 0 Å². The zero-order valence-corrected chi connectivity index (χ0v) is 7.80. The summed E-state index contributed by atoms with van der Waals surface area (Å²) in [6.45, 7) is 0. The molecule has 1 heterocycles. The first-order chi connectivity index (χ1) is 7.00. The topological polar surface area (TPSA) is 45.9 Å². The molecule has 6 heteroatoms. The Morgan fingerprint density at radius 3 is 2.60 bits per heavy atom. The van der Waals surface area contributed by atoms with Gasteiger partial charge in [-0.1, -0.05) is 0 Å². The van der Waals surface area contributed by atoms with E-state index in [2.05, 4.69) is 4.98 Å². The summed E-state index contributed by atoms with van der Waals surface area (Å²) >= 11 is 0. The summed E-state index contributed by atoms with van der Waals surface area (Å²) in [6, 6.07) is 1.66. The Labute approximate surface area is 84.1 Å². The van der Waals surface area contributed by atoms with E-state index in [0.717, 1.165) is 6.20 Å². The van der Waals surface area contributed by atoms with Gasteiger partial charge in [-0.25, -0.2) is 0 Å². The van der Waals surface area contributed by atoms with E-state index in [-0.39, 0.29) is 17.7 Å². The summed E-state index contributed by atoms with van der Waals surface area (Å²) < 4.78 is 42.2. The summed E-state index contributed by atoms with van der Waals surface area (Å²) in [5, 5.41) is 8.44. The van der Waals surface area contributed by atoms with Crippen molar-refractivity contribution in [2.75, 3.05) is 7.11 Å². The summed E-state index contributed by atoms with van der Waals surface area (Å²) in [7, 11) is 1.23. The van der Waals surface area contributed by atoms with Gasteiger partial charge in [-0.05, 0) is 0 Å². The Bertz CT molecular complexity index is 395. The van der Waals surface area contributed by atoms with Crippen LogP contribution in [-0.2, 0) is 12.6 Å². The van der Waals surface area contributed by atoms with E-state index < -0.39 is 11.7 Å². The third-order valence-electron chi connectivity index (χ3n) is 1.80. The largest absolute Gasteiger partial charge is 0.495 e. The lowest BCUT2D eigenvalue weighted by Crippen LogP contribution is -2.10. The zero-order chi connectivity index (χ0) is 11.5. The van der Waals surface area contributed by atoms with Gasteiger partial charge < -0.3 is 4.74 Å². The molecule has 0 aliphatic carbocycles. The summed E-state index contributed by atoms with van der Waals surface area (Å²) in [5.74, 6) is -0.0219. The van der Waals surface area contributed by atoms with Gasteiger partial charge in [-0.2, -0.15) is 18.4 Å². The average molecular weight is 216 g/mol. The van der Waals surface area contributed by atoms with E-state index in [0.29, 0.717) is 6.20 Å². The van der Waals surface area contributed by atoms with Crippen LogP contribution in [0.15, 0.2) is 12.4 Å². The molecule has 1 aromatic heterocycles. The second kappa shape index (κ2) is 4.17. The Balaban J connectivity index is 3.33. The van der Waals surface area contributed by atoms with Gasteiger partial charge in [0.25, 0.3) is 0 Å².